The summed E-state index contributed by atoms with van der Waals surface area (Å²) < 4.78 is 11.1. The summed E-state index contributed by atoms with van der Waals surface area (Å²) in [6.45, 7) is 7.24. The van der Waals surface area contributed by atoms with Crippen molar-refractivity contribution in [3.63, 3.8) is 0 Å². The van der Waals surface area contributed by atoms with E-state index < -0.39 is 11.5 Å². The van der Waals surface area contributed by atoms with Crippen LogP contribution < -0.4 is 0 Å². The fraction of sp³-hybridized carbons (Fsp3) is 0.923. The first-order chi connectivity index (χ1) is 8.52. The molecular weight excluding hydrogens is 234 g/mol. The Labute approximate surface area is 108 Å². The Morgan fingerprint density at radius 1 is 1.33 bits per heavy atom. The maximum absolute atomic E-state index is 11.8. The van der Waals surface area contributed by atoms with Gasteiger partial charge in [-0.3, -0.25) is 9.69 Å². The van der Waals surface area contributed by atoms with Gasteiger partial charge in [-0.05, 0) is 19.8 Å². The molecule has 2 fully saturated rings. The summed E-state index contributed by atoms with van der Waals surface area (Å²) in [6.07, 6.45) is 1.97. The Balaban J connectivity index is 2.23. The van der Waals surface area contributed by atoms with Crippen LogP contribution in [0, 0.1) is 0 Å². The lowest BCUT2D eigenvalue weighted by molar-refractivity contribution is -0.181. The Kier molecular flexibility index (Phi) is 3.94. The molecule has 0 aromatic rings. The van der Waals surface area contributed by atoms with E-state index in [0.717, 1.165) is 6.42 Å². The summed E-state index contributed by atoms with van der Waals surface area (Å²) in [5.74, 6) is -0.715. The minimum absolute atomic E-state index is 0.324. The van der Waals surface area contributed by atoms with Crippen LogP contribution in [0.25, 0.3) is 0 Å². The van der Waals surface area contributed by atoms with Crippen molar-refractivity contribution in [2.45, 2.75) is 44.2 Å². The van der Waals surface area contributed by atoms with Crippen molar-refractivity contribution in [2.75, 3.05) is 32.9 Å². The van der Waals surface area contributed by atoms with Crippen molar-refractivity contribution in [3.05, 3.63) is 0 Å². The van der Waals surface area contributed by atoms with E-state index >= 15 is 0 Å². The number of morpholine rings is 1. The maximum atomic E-state index is 11.8. The molecule has 1 N–H and O–H groups in total. The van der Waals surface area contributed by atoms with E-state index in [-0.39, 0.29) is 5.60 Å². The van der Waals surface area contributed by atoms with Crippen LogP contribution >= 0.6 is 0 Å². The van der Waals surface area contributed by atoms with Crippen LogP contribution in [-0.4, -0.2) is 60.0 Å². The molecule has 2 aliphatic rings. The lowest BCUT2D eigenvalue weighted by Crippen LogP contribution is -2.63. The van der Waals surface area contributed by atoms with Gasteiger partial charge >= 0.3 is 5.97 Å². The topological polar surface area (TPSA) is 59.0 Å². The van der Waals surface area contributed by atoms with Gasteiger partial charge in [-0.15, -0.1) is 0 Å². The van der Waals surface area contributed by atoms with Crippen LogP contribution in [0.4, 0.5) is 0 Å². The number of hydrogen-bond acceptors (Lipinski definition) is 4. The van der Waals surface area contributed by atoms with Gasteiger partial charge in [0, 0.05) is 26.1 Å². The van der Waals surface area contributed by atoms with Gasteiger partial charge in [0.2, 0.25) is 0 Å². The molecule has 2 saturated heterocycles. The third-order valence-electron chi connectivity index (χ3n) is 4.39. The molecule has 5 heteroatoms. The predicted molar refractivity (Wildman–Crippen MR) is 66.6 cm³/mol. The Hall–Kier alpha value is -0.650. The van der Waals surface area contributed by atoms with E-state index in [4.69, 9.17) is 9.47 Å². The van der Waals surface area contributed by atoms with Gasteiger partial charge in [0.25, 0.3) is 0 Å². The van der Waals surface area contributed by atoms with E-state index in [1.807, 2.05) is 6.92 Å². The second-order valence-corrected chi connectivity index (χ2v) is 5.51. The van der Waals surface area contributed by atoms with E-state index in [1.54, 1.807) is 0 Å². The van der Waals surface area contributed by atoms with Crippen LogP contribution in [0.2, 0.25) is 0 Å². The zero-order valence-corrected chi connectivity index (χ0v) is 11.3. The highest BCUT2D eigenvalue weighted by atomic mass is 16.5. The second kappa shape index (κ2) is 5.15. The van der Waals surface area contributed by atoms with Gasteiger partial charge in [0.15, 0.2) is 0 Å². The molecule has 5 nitrogen and oxygen atoms in total. The molecule has 0 aromatic heterocycles. The van der Waals surface area contributed by atoms with Crippen LogP contribution in [-0.2, 0) is 14.3 Å². The van der Waals surface area contributed by atoms with Crippen molar-refractivity contribution in [1.82, 2.24) is 4.90 Å². The first-order valence-electron chi connectivity index (χ1n) is 6.73. The standard InChI is InChI=1S/C13H23NO4/c1-3-12(2)10-13(11(15)16,4-7-18-12)14-5-8-17-9-6-14/h3-10H2,1-2H3,(H,15,16). The minimum atomic E-state index is -0.771. The number of rotatable bonds is 3. The van der Waals surface area contributed by atoms with Crippen molar-refractivity contribution in [2.24, 2.45) is 0 Å². The molecule has 0 radical (unpaired) electrons. The molecule has 2 atom stereocenters. The normalized spacial score (nSPS) is 38.6. The van der Waals surface area contributed by atoms with Gasteiger partial charge in [0.1, 0.15) is 5.54 Å². The van der Waals surface area contributed by atoms with Gasteiger partial charge < -0.3 is 14.6 Å². The number of ether oxygens (including phenoxy) is 2. The summed E-state index contributed by atoms with van der Waals surface area (Å²) in [6, 6.07) is 0. The summed E-state index contributed by atoms with van der Waals surface area (Å²) in [7, 11) is 0. The molecule has 0 bridgehead atoms. The number of carboxylic acid groups (broad SMARTS) is 1. The smallest absolute Gasteiger partial charge is 0.324 e. The monoisotopic (exact) mass is 257 g/mol. The lowest BCUT2D eigenvalue weighted by atomic mass is 9.77. The number of hydrogen-bond donors (Lipinski definition) is 1. The molecule has 2 rings (SSSR count). The van der Waals surface area contributed by atoms with Gasteiger partial charge in [-0.1, -0.05) is 6.92 Å². The zero-order valence-electron chi connectivity index (χ0n) is 11.3. The van der Waals surface area contributed by atoms with Crippen molar-refractivity contribution < 1.29 is 19.4 Å². The molecular formula is C13H23NO4. The van der Waals surface area contributed by atoms with Crippen LogP contribution in [0.15, 0.2) is 0 Å². The van der Waals surface area contributed by atoms with E-state index in [9.17, 15) is 9.90 Å². The first-order valence-corrected chi connectivity index (χ1v) is 6.73. The number of aliphatic carboxylic acids is 1. The molecule has 2 heterocycles. The Bertz CT molecular complexity index is 316. The van der Waals surface area contributed by atoms with Gasteiger partial charge in [-0.25, -0.2) is 0 Å². The van der Waals surface area contributed by atoms with Gasteiger partial charge in [0.05, 0.1) is 18.8 Å². The highest BCUT2D eigenvalue weighted by Gasteiger charge is 2.51. The highest BCUT2D eigenvalue weighted by Crippen LogP contribution is 2.39. The third-order valence-corrected chi connectivity index (χ3v) is 4.39. The van der Waals surface area contributed by atoms with Crippen LogP contribution in [0.5, 0.6) is 0 Å². The summed E-state index contributed by atoms with van der Waals surface area (Å²) in [5.41, 5.74) is -1.10. The summed E-state index contributed by atoms with van der Waals surface area (Å²) in [5, 5.41) is 9.73. The zero-order chi connectivity index (χ0) is 13.2. The fourth-order valence-electron chi connectivity index (χ4n) is 3.03. The van der Waals surface area contributed by atoms with Crippen molar-refractivity contribution in [3.8, 4) is 0 Å². The van der Waals surface area contributed by atoms with Crippen molar-refractivity contribution in [1.29, 1.82) is 0 Å². The summed E-state index contributed by atoms with van der Waals surface area (Å²) in [4.78, 5) is 13.9. The average molecular weight is 257 g/mol. The van der Waals surface area contributed by atoms with E-state index in [0.29, 0.717) is 45.8 Å². The molecule has 2 unspecified atom stereocenters. The molecule has 0 aliphatic carbocycles. The molecule has 0 aromatic carbocycles. The third kappa shape index (κ3) is 2.39. The molecule has 0 amide bonds. The second-order valence-electron chi connectivity index (χ2n) is 5.51. The number of carboxylic acids is 1. The van der Waals surface area contributed by atoms with Gasteiger partial charge in [-0.2, -0.15) is 0 Å². The Morgan fingerprint density at radius 3 is 2.56 bits per heavy atom. The molecule has 0 saturated carbocycles. The van der Waals surface area contributed by atoms with E-state index in [1.165, 1.54) is 0 Å². The predicted octanol–water partition coefficient (Wildman–Crippen LogP) is 1.12. The summed E-state index contributed by atoms with van der Waals surface area (Å²) >= 11 is 0. The largest absolute Gasteiger partial charge is 0.480 e. The first kappa shape index (κ1) is 13.8. The van der Waals surface area contributed by atoms with Crippen LogP contribution in [0.1, 0.15) is 33.1 Å². The van der Waals surface area contributed by atoms with E-state index in [2.05, 4.69) is 11.8 Å². The SMILES string of the molecule is CCC1(C)CC(C(=O)O)(N2CCOCC2)CCO1. The molecule has 104 valence electrons. The lowest BCUT2D eigenvalue weighted by Gasteiger charge is -2.50. The highest BCUT2D eigenvalue weighted by molar-refractivity contribution is 5.79. The molecule has 2 aliphatic heterocycles. The molecule has 0 spiro atoms. The maximum Gasteiger partial charge on any atom is 0.324 e. The number of nitrogens with zero attached hydrogens (tertiary/aromatic N) is 1. The fourth-order valence-corrected chi connectivity index (χ4v) is 3.03. The van der Waals surface area contributed by atoms with Crippen LogP contribution in [0.3, 0.4) is 0 Å². The Morgan fingerprint density at radius 2 is 2.00 bits per heavy atom. The number of carbonyl (C=O) groups is 1. The quantitative estimate of drug-likeness (QED) is 0.821. The average Bonchev–Trinajstić information content (AvgIpc) is 2.39. The molecule has 18 heavy (non-hydrogen) atoms. The van der Waals surface area contributed by atoms with Crippen molar-refractivity contribution >= 4 is 5.97 Å². The minimum Gasteiger partial charge on any atom is -0.480 e.